The maximum Gasteiger partial charge on any atom is 0.119 e. The third-order valence-electron chi connectivity index (χ3n) is 7.21. The van der Waals surface area contributed by atoms with Crippen LogP contribution in [0.25, 0.3) is 0 Å². The summed E-state index contributed by atoms with van der Waals surface area (Å²) in [6.07, 6.45) is 3.40. The number of ether oxygens (including phenoxy) is 3. The van der Waals surface area contributed by atoms with Gasteiger partial charge in [-0.1, -0.05) is 53.7 Å². The summed E-state index contributed by atoms with van der Waals surface area (Å²) in [5.74, 6) is 1.81. The van der Waals surface area contributed by atoms with Crippen LogP contribution in [0.5, 0.6) is 11.5 Å². The van der Waals surface area contributed by atoms with Crippen molar-refractivity contribution in [3.8, 4) is 11.5 Å². The molecule has 0 spiro atoms. The summed E-state index contributed by atoms with van der Waals surface area (Å²) in [5, 5.41) is 0. The average Bonchev–Trinajstić information content (AvgIpc) is 2.77. The first-order chi connectivity index (χ1) is 15.2. The standard InChI is InChI=1S/C29H44O3/c1-9-28(6,7)26-14-12-24(20-22(26)4)31-18-16-30-17-19-32-25-13-15-27(23(5)21-25)29(8,10-2)11-3/h12-15,20-21H,9-11,16-19H2,1-8H3. The van der Waals surface area contributed by atoms with Crippen LogP contribution in [0.4, 0.5) is 0 Å². The fourth-order valence-corrected chi connectivity index (χ4v) is 4.25. The molecule has 2 rings (SSSR count). The molecule has 0 unspecified atom stereocenters. The Bertz CT molecular complexity index is 849. The van der Waals surface area contributed by atoms with Gasteiger partial charge in [0.2, 0.25) is 0 Å². The first kappa shape index (κ1) is 26.3. The molecule has 0 atom stereocenters. The molecule has 0 fully saturated rings. The summed E-state index contributed by atoms with van der Waals surface area (Å²) in [7, 11) is 0. The Hall–Kier alpha value is -2.00. The highest BCUT2D eigenvalue weighted by Crippen LogP contribution is 2.34. The summed E-state index contributed by atoms with van der Waals surface area (Å²) >= 11 is 0. The second kappa shape index (κ2) is 11.7. The van der Waals surface area contributed by atoms with Crippen LogP contribution in [0.3, 0.4) is 0 Å². The Morgan fingerprint density at radius 1 is 0.625 bits per heavy atom. The smallest absolute Gasteiger partial charge is 0.119 e. The third kappa shape index (κ3) is 6.75. The first-order valence-electron chi connectivity index (χ1n) is 12.2. The number of aryl methyl sites for hydroxylation is 2. The average molecular weight is 441 g/mol. The lowest BCUT2D eigenvalue weighted by Gasteiger charge is -2.29. The van der Waals surface area contributed by atoms with Gasteiger partial charge in [-0.25, -0.2) is 0 Å². The topological polar surface area (TPSA) is 27.7 Å². The Balaban J connectivity index is 1.72. The highest BCUT2D eigenvalue weighted by atomic mass is 16.5. The predicted octanol–water partition coefficient (Wildman–Crippen LogP) is 7.54. The fourth-order valence-electron chi connectivity index (χ4n) is 4.25. The summed E-state index contributed by atoms with van der Waals surface area (Å²) in [6.45, 7) is 20.2. The molecule has 0 aromatic heterocycles. The maximum atomic E-state index is 5.89. The van der Waals surface area contributed by atoms with E-state index in [0.29, 0.717) is 26.4 Å². The van der Waals surface area contributed by atoms with Gasteiger partial charge in [-0.3, -0.25) is 0 Å². The monoisotopic (exact) mass is 440 g/mol. The van der Waals surface area contributed by atoms with Gasteiger partial charge in [0.25, 0.3) is 0 Å². The molecule has 0 saturated carbocycles. The highest BCUT2D eigenvalue weighted by Gasteiger charge is 2.24. The highest BCUT2D eigenvalue weighted by molar-refractivity contribution is 5.40. The number of benzene rings is 2. The van der Waals surface area contributed by atoms with E-state index in [0.717, 1.165) is 30.8 Å². The zero-order valence-corrected chi connectivity index (χ0v) is 21.6. The van der Waals surface area contributed by atoms with Gasteiger partial charge in [-0.2, -0.15) is 0 Å². The lowest BCUT2D eigenvalue weighted by molar-refractivity contribution is 0.0764. The Kier molecular flexibility index (Phi) is 9.64. The van der Waals surface area contributed by atoms with Gasteiger partial charge in [-0.15, -0.1) is 0 Å². The van der Waals surface area contributed by atoms with E-state index in [-0.39, 0.29) is 10.8 Å². The van der Waals surface area contributed by atoms with E-state index in [9.17, 15) is 0 Å². The van der Waals surface area contributed by atoms with E-state index in [4.69, 9.17) is 14.2 Å². The Labute approximate surface area is 196 Å². The van der Waals surface area contributed by atoms with Gasteiger partial charge in [0, 0.05) is 0 Å². The summed E-state index contributed by atoms with van der Waals surface area (Å²) in [5.41, 5.74) is 5.81. The van der Waals surface area contributed by atoms with Crippen molar-refractivity contribution in [1.29, 1.82) is 0 Å². The van der Waals surface area contributed by atoms with Gasteiger partial charge in [-0.05, 0) is 90.5 Å². The van der Waals surface area contributed by atoms with Crippen molar-refractivity contribution in [3.05, 3.63) is 58.7 Å². The molecule has 0 amide bonds. The third-order valence-corrected chi connectivity index (χ3v) is 7.21. The van der Waals surface area contributed by atoms with Gasteiger partial charge < -0.3 is 14.2 Å². The molecule has 0 aliphatic heterocycles. The van der Waals surface area contributed by atoms with Gasteiger partial charge >= 0.3 is 0 Å². The molecular formula is C29H44O3. The molecule has 3 heteroatoms. The molecule has 32 heavy (non-hydrogen) atoms. The lowest BCUT2D eigenvalue weighted by Crippen LogP contribution is -2.20. The van der Waals surface area contributed by atoms with Gasteiger partial charge in [0.1, 0.15) is 24.7 Å². The number of hydrogen-bond acceptors (Lipinski definition) is 3. The first-order valence-corrected chi connectivity index (χ1v) is 12.2. The zero-order chi connectivity index (χ0) is 23.8. The molecule has 0 saturated heterocycles. The van der Waals surface area contributed by atoms with Crippen molar-refractivity contribution in [2.45, 2.75) is 85.5 Å². The molecule has 0 bridgehead atoms. The molecule has 178 valence electrons. The van der Waals surface area contributed by atoms with Crippen molar-refractivity contribution in [1.82, 2.24) is 0 Å². The predicted molar refractivity (Wildman–Crippen MR) is 135 cm³/mol. The minimum absolute atomic E-state index is 0.191. The van der Waals surface area contributed by atoms with Crippen molar-refractivity contribution < 1.29 is 14.2 Å². The van der Waals surface area contributed by atoms with Crippen molar-refractivity contribution >= 4 is 0 Å². The molecular weight excluding hydrogens is 396 g/mol. The van der Waals surface area contributed by atoms with Crippen LogP contribution in [0.15, 0.2) is 36.4 Å². The van der Waals surface area contributed by atoms with E-state index in [1.807, 2.05) is 0 Å². The second-order valence-electron chi connectivity index (χ2n) is 9.77. The zero-order valence-electron chi connectivity index (χ0n) is 21.6. The maximum absolute atomic E-state index is 5.89. The molecule has 0 N–H and O–H groups in total. The van der Waals surface area contributed by atoms with Crippen LogP contribution < -0.4 is 9.47 Å². The van der Waals surface area contributed by atoms with E-state index >= 15 is 0 Å². The lowest BCUT2D eigenvalue weighted by atomic mass is 9.76. The normalized spacial score (nSPS) is 12.1. The minimum Gasteiger partial charge on any atom is -0.491 e. The quantitative estimate of drug-likeness (QED) is 0.301. The summed E-state index contributed by atoms with van der Waals surface area (Å²) in [4.78, 5) is 0. The Morgan fingerprint density at radius 3 is 1.50 bits per heavy atom. The van der Waals surface area contributed by atoms with E-state index in [1.54, 1.807) is 0 Å². The van der Waals surface area contributed by atoms with Crippen LogP contribution in [0.1, 0.15) is 83.1 Å². The molecule has 3 nitrogen and oxygen atoms in total. The van der Waals surface area contributed by atoms with Crippen molar-refractivity contribution in [2.24, 2.45) is 0 Å². The van der Waals surface area contributed by atoms with Crippen LogP contribution in [-0.2, 0) is 15.6 Å². The SMILES string of the molecule is CCC(C)(C)c1ccc(OCCOCCOc2ccc(C(C)(CC)CC)c(C)c2)cc1C. The van der Waals surface area contributed by atoms with Gasteiger partial charge in [0.05, 0.1) is 13.2 Å². The summed E-state index contributed by atoms with van der Waals surface area (Å²) in [6, 6.07) is 12.8. The fraction of sp³-hybridized carbons (Fsp3) is 0.586. The number of hydrogen-bond donors (Lipinski definition) is 0. The molecule has 2 aromatic rings. The molecule has 0 radical (unpaired) electrons. The summed E-state index contributed by atoms with van der Waals surface area (Å²) < 4.78 is 17.5. The van der Waals surface area contributed by atoms with Crippen molar-refractivity contribution in [2.75, 3.05) is 26.4 Å². The molecule has 0 aliphatic rings. The molecule has 0 heterocycles. The minimum atomic E-state index is 0.191. The van der Waals surface area contributed by atoms with E-state index in [1.165, 1.54) is 22.3 Å². The van der Waals surface area contributed by atoms with Crippen LogP contribution in [-0.4, -0.2) is 26.4 Å². The molecule has 0 aliphatic carbocycles. The molecule has 2 aromatic carbocycles. The van der Waals surface area contributed by atoms with E-state index < -0.39 is 0 Å². The Morgan fingerprint density at radius 2 is 1.09 bits per heavy atom. The van der Waals surface area contributed by atoms with Crippen molar-refractivity contribution in [3.63, 3.8) is 0 Å². The van der Waals surface area contributed by atoms with Crippen LogP contribution in [0.2, 0.25) is 0 Å². The van der Waals surface area contributed by atoms with Gasteiger partial charge in [0.15, 0.2) is 0 Å². The van der Waals surface area contributed by atoms with Crippen LogP contribution in [0, 0.1) is 13.8 Å². The van der Waals surface area contributed by atoms with Crippen LogP contribution >= 0.6 is 0 Å². The number of rotatable bonds is 13. The second-order valence-corrected chi connectivity index (χ2v) is 9.77. The largest absolute Gasteiger partial charge is 0.491 e. The van der Waals surface area contributed by atoms with E-state index in [2.05, 4.69) is 91.8 Å².